The molecule has 228 valence electrons. The normalized spacial score (nSPS) is 19.9. The fourth-order valence-corrected chi connectivity index (χ4v) is 5.71. The minimum atomic E-state index is -0.550. The van der Waals surface area contributed by atoms with Crippen LogP contribution in [0, 0.1) is 17.2 Å². The molecule has 3 aromatic carbocycles. The van der Waals surface area contributed by atoms with Gasteiger partial charge in [-0.2, -0.15) is 0 Å². The molecule has 0 spiro atoms. The summed E-state index contributed by atoms with van der Waals surface area (Å²) in [4.78, 5) is 34.3. The second-order valence-electron chi connectivity index (χ2n) is 10.7. The van der Waals surface area contributed by atoms with Crippen molar-refractivity contribution in [3.05, 3.63) is 87.7 Å². The molecule has 3 amide bonds. The van der Waals surface area contributed by atoms with Gasteiger partial charge in [-0.25, -0.2) is 4.39 Å². The largest absolute Gasteiger partial charge is 0.495 e. The van der Waals surface area contributed by atoms with E-state index < -0.39 is 30.2 Å². The highest BCUT2D eigenvalue weighted by atomic mass is 35.5. The first kappa shape index (κ1) is 32.2. The number of hydrogen-bond acceptors (Lipinski definition) is 5. The average molecular weight is 634 g/mol. The minimum absolute atomic E-state index is 0.0300. The number of nitrogens with one attached hydrogen (secondary N) is 3. The first-order valence-corrected chi connectivity index (χ1v) is 14.3. The average Bonchev–Trinajstić information content (AvgIpc) is 3.64. The number of ether oxygens (including phenoxy) is 1. The molecular formula is C31H32Cl2F2N4O4. The molecular weight excluding hydrogens is 601 g/mol. The summed E-state index contributed by atoms with van der Waals surface area (Å²) in [7, 11) is 1.44. The summed E-state index contributed by atoms with van der Waals surface area (Å²) in [5.41, 5.74) is 6.53. The molecule has 5 N–H and O–H groups in total. The Morgan fingerprint density at radius 2 is 1.88 bits per heavy atom. The topological polar surface area (TPSA) is 123 Å². The molecule has 1 saturated carbocycles. The molecule has 3 atom stereocenters. The predicted molar refractivity (Wildman–Crippen MR) is 163 cm³/mol. The van der Waals surface area contributed by atoms with Gasteiger partial charge in [0.2, 0.25) is 18.2 Å². The van der Waals surface area contributed by atoms with E-state index in [1.54, 1.807) is 42.5 Å². The van der Waals surface area contributed by atoms with E-state index in [2.05, 4.69) is 16.0 Å². The molecule has 1 heterocycles. The number of carbonyl (C=O) groups excluding carboxylic acids is 3. The van der Waals surface area contributed by atoms with Crippen molar-refractivity contribution in [2.24, 2.45) is 17.1 Å². The van der Waals surface area contributed by atoms with Crippen LogP contribution >= 0.6 is 23.2 Å². The molecule has 3 aromatic rings. The molecule has 12 heteroatoms. The minimum Gasteiger partial charge on any atom is -0.495 e. The number of halogens is 4. The van der Waals surface area contributed by atoms with Crippen molar-refractivity contribution in [2.45, 2.75) is 31.2 Å². The maximum absolute atomic E-state index is 14.7. The summed E-state index contributed by atoms with van der Waals surface area (Å²) in [5.74, 6) is -1.83. The van der Waals surface area contributed by atoms with Crippen molar-refractivity contribution in [2.75, 3.05) is 31.0 Å². The lowest BCUT2D eigenvalue weighted by Crippen LogP contribution is -2.38. The molecule has 1 saturated heterocycles. The van der Waals surface area contributed by atoms with E-state index in [-0.39, 0.29) is 22.4 Å². The summed E-state index contributed by atoms with van der Waals surface area (Å²) >= 11 is 12.0. The van der Waals surface area contributed by atoms with Crippen LogP contribution < -0.4 is 26.4 Å². The van der Waals surface area contributed by atoms with Crippen LogP contribution in [0.25, 0.3) is 0 Å². The molecule has 0 aromatic heterocycles. The van der Waals surface area contributed by atoms with Crippen molar-refractivity contribution in [3.8, 4) is 5.75 Å². The number of hydrogen-bond donors (Lipinski definition) is 4. The van der Waals surface area contributed by atoms with Crippen molar-refractivity contribution in [3.63, 3.8) is 0 Å². The molecule has 2 aliphatic rings. The quantitative estimate of drug-likeness (QED) is 0.206. The van der Waals surface area contributed by atoms with E-state index >= 15 is 0 Å². The van der Waals surface area contributed by atoms with Crippen molar-refractivity contribution >= 4 is 52.8 Å². The predicted octanol–water partition coefficient (Wildman–Crippen LogP) is 5.95. The highest BCUT2D eigenvalue weighted by Gasteiger charge is 2.50. The van der Waals surface area contributed by atoms with Gasteiger partial charge in [-0.05, 0) is 67.3 Å². The fraction of sp³-hybridized carbons (Fsp3) is 0.323. The van der Waals surface area contributed by atoms with Gasteiger partial charge in [-0.15, -0.1) is 0 Å². The summed E-state index contributed by atoms with van der Waals surface area (Å²) < 4.78 is 33.2. The molecule has 1 aliphatic carbocycles. The smallest absolute Gasteiger partial charge is 0.248 e. The van der Waals surface area contributed by atoms with Crippen LogP contribution in [0.1, 0.15) is 41.1 Å². The van der Waals surface area contributed by atoms with Crippen molar-refractivity contribution in [1.82, 2.24) is 5.32 Å². The second kappa shape index (κ2) is 14.2. The third-order valence-electron chi connectivity index (χ3n) is 7.84. The van der Waals surface area contributed by atoms with Gasteiger partial charge < -0.3 is 26.4 Å². The monoisotopic (exact) mass is 632 g/mol. The van der Waals surface area contributed by atoms with Crippen molar-refractivity contribution < 1.29 is 27.9 Å². The van der Waals surface area contributed by atoms with E-state index in [0.717, 1.165) is 12.8 Å². The molecule has 1 aliphatic heterocycles. The van der Waals surface area contributed by atoms with Gasteiger partial charge >= 0.3 is 0 Å². The first-order valence-electron chi connectivity index (χ1n) is 13.6. The number of benzene rings is 3. The van der Waals surface area contributed by atoms with Crippen molar-refractivity contribution in [1.29, 1.82) is 0 Å². The molecule has 0 bridgehead atoms. The number of methoxy groups -OCH3 is 1. The maximum atomic E-state index is 14.7. The highest BCUT2D eigenvalue weighted by molar-refractivity contribution is 6.31. The molecule has 5 rings (SSSR count). The Balaban J connectivity index is 0.000000255. The number of rotatable bonds is 10. The van der Waals surface area contributed by atoms with Gasteiger partial charge in [0.05, 0.1) is 30.4 Å². The zero-order valence-electron chi connectivity index (χ0n) is 23.3. The Kier molecular flexibility index (Phi) is 10.6. The molecule has 8 nitrogen and oxygen atoms in total. The summed E-state index contributed by atoms with van der Waals surface area (Å²) in [6.45, 7) is 0.0297. The number of amides is 3. The Labute approximate surface area is 258 Å². The van der Waals surface area contributed by atoms with Gasteiger partial charge in [-0.1, -0.05) is 41.4 Å². The van der Waals surface area contributed by atoms with Crippen LogP contribution in [0.2, 0.25) is 10.0 Å². The van der Waals surface area contributed by atoms with Crippen LogP contribution in [0.3, 0.4) is 0 Å². The summed E-state index contributed by atoms with van der Waals surface area (Å²) in [5, 5.41) is 9.22. The number of primary amides is 1. The van der Waals surface area contributed by atoms with Gasteiger partial charge in [0.1, 0.15) is 11.6 Å². The van der Waals surface area contributed by atoms with Crippen LogP contribution in [0.15, 0.2) is 60.7 Å². The Bertz CT molecular complexity index is 1490. The van der Waals surface area contributed by atoms with E-state index in [4.69, 9.17) is 33.7 Å². The fourth-order valence-electron chi connectivity index (χ4n) is 5.34. The van der Waals surface area contributed by atoms with Crippen LogP contribution in [0.5, 0.6) is 5.75 Å². The summed E-state index contributed by atoms with van der Waals surface area (Å²) in [6.07, 6.45) is 2.72. The lowest BCUT2D eigenvalue weighted by atomic mass is 9.81. The number of carbonyl (C=O) groups is 3. The summed E-state index contributed by atoms with van der Waals surface area (Å²) in [6, 6.07) is 16.0. The third kappa shape index (κ3) is 7.81. The second-order valence-corrected chi connectivity index (χ2v) is 11.5. The van der Waals surface area contributed by atoms with Gasteiger partial charge in [-0.3, -0.25) is 18.8 Å². The SMILES string of the molecule is COc1cc(C(N)=O)ccc1NC=O.O=C(Nc1cccc(Cl)c1)C1C(CC2(CF)CC2)NCC1c1cccc(Cl)c1F. The lowest BCUT2D eigenvalue weighted by Gasteiger charge is -2.26. The van der Waals surface area contributed by atoms with E-state index in [9.17, 15) is 23.2 Å². The molecule has 3 unspecified atom stereocenters. The van der Waals surface area contributed by atoms with E-state index in [1.165, 1.54) is 25.3 Å². The van der Waals surface area contributed by atoms with Crippen LogP contribution in [-0.2, 0) is 9.59 Å². The number of nitrogens with two attached hydrogens (primary N) is 1. The molecule has 0 radical (unpaired) electrons. The molecule has 2 fully saturated rings. The standard InChI is InChI=1S/C22H22Cl2F2N2O.C9H10N2O3/c23-13-3-1-4-14(9-13)28-21(29)19-16(15-5-2-6-17(24)20(15)26)11-27-18(19)10-22(12-25)7-8-22;1-14-8-4-6(9(10)13)2-3-7(8)11-5-12/h1-6,9,16,18-19,27H,7-8,10-12H2,(H,28,29);2-5H,1H3,(H2,10,13)(H,11,12). The zero-order chi connectivity index (χ0) is 31.1. The zero-order valence-corrected chi connectivity index (χ0v) is 24.9. The Morgan fingerprint density at radius 3 is 2.51 bits per heavy atom. The maximum Gasteiger partial charge on any atom is 0.248 e. The Morgan fingerprint density at radius 1 is 1.14 bits per heavy atom. The van der Waals surface area contributed by atoms with Crippen LogP contribution in [-0.4, -0.2) is 44.6 Å². The van der Waals surface area contributed by atoms with Crippen LogP contribution in [0.4, 0.5) is 20.2 Å². The first-order chi connectivity index (χ1) is 20.6. The lowest BCUT2D eigenvalue weighted by molar-refractivity contribution is -0.120. The van der Waals surface area contributed by atoms with E-state index in [0.29, 0.717) is 52.6 Å². The number of anilines is 2. The highest BCUT2D eigenvalue weighted by Crippen LogP contribution is 2.52. The third-order valence-corrected chi connectivity index (χ3v) is 8.36. The van der Waals surface area contributed by atoms with Gasteiger partial charge in [0.25, 0.3) is 0 Å². The Hall–Kier alpha value is -3.73. The van der Waals surface area contributed by atoms with Gasteiger partial charge in [0.15, 0.2) is 0 Å². The van der Waals surface area contributed by atoms with Gasteiger partial charge in [0, 0.05) is 40.2 Å². The molecule has 43 heavy (non-hydrogen) atoms. The van der Waals surface area contributed by atoms with E-state index in [1.807, 2.05) is 0 Å². The number of alkyl halides is 1.